The van der Waals surface area contributed by atoms with E-state index in [1.165, 1.54) is 12.1 Å². The van der Waals surface area contributed by atoms with Crippen molar-refractivity contribution in [2.75, 3.05) is 6.54 Å². The van der Waals surface area contributed by atoms with E-state index in [0.717, 1.165) is 16.7 Å². The maximum atomic E-state index is 12.1. The standard InChI is InChI=1S/C21H23F2NO4/c1-14-3-2-4-16(11-14)12-17(20(26)27)13-24-19(25)10-7-15-5-8-18(9-6-15)28-21(22)23/h2-6,8-9,11,17,21H,7,10,12-13H2,1H3,(H,24,25)(H,26,27). The highest BCUT2D eigenvalue weighted by molar-refractivity contribution is 5.77. The van der Waals surface area contributed by atoms with Crippen molar-refractivity contribution < 1.29 is 28.2 Å². The van der Waals surface area contributed by atoms with E-state index in [-0.39, 0.29) is 24.6 Å². The number of hydrogen-bond acceptors (Lipinski definition) is 3. The number of ether oxygens (including phenoxy) is 1. The van der Waals surface area contributed by atoms with E-state index in [1.54, 1.807) is 12.1 Å². The number of rotatable bonds is 10. The van der Waals surface area contributed by atoms with Gasteiger partial charge >= 0.3 is 12.6 Å². The summed E-state index contributed by atoms with van der Waals surface area (Å²) in [6, 6.07) is 13.7. The van der Waals surface area contributed by atoms with Gasteiger partial charge in [0.15, 0.2) is 0 Å². The minimum Gasteiger partial charge on any atom is -0.481 e. The molecular formula is C21H23F2NO4. The van der Waals surface area contributed by atoms with E-state index < -0.39 is 18.5 Å². The number of carbonyl (C=O) groups excluding carboxylic acids is 1. The smallest absolute Gasteiger partial charge is 0.387 e. The highest BCUT2D eigenvalue weighted by Crippen LogP contribution is 2.16. The number of amides is 1. The van der Waals surface area contributed by atoms with E-state index in [1.807, 2.05) is 31.2 Å². The van der Waals surface area contributed by atoms with Crippen LogP contribution in [0.3, 0.4) is 0 Å². The molecule has 0 heterocycles. The van der Waals surface area contributed by atoms with Crippen molar-refractivity contribution in [3.05, 3.63) is 65.2 Å². The van der Waals surface area contributed by atoms with Gasteiger partial charge in [-0.05, 0) is 43.0 Å². The van der Waals surface area contributed by atoms with Gasteiger partial charge in [-0.1, -0.05) is 42.0 Å². The summed E-state index contributed by atoms with van der Waals surface area (Å²) < 4.78 is 28.5. The summed E-state index contributed by atoms with van der Waals surface area (Å²) in [4.78, 5) is 23.5. The van der Waals surface area contributed by atoms with E-state index in [4.69, 9.17) is 0 Å². The summed E-state index contributed by atoms with van der Waals surface area (Å²) >= 11 is 0. The average Bonchev–Trinajstić information content (AvgIpc) is 2.64. The highest BCUT2D eigenvalue weighted by Gasteiger charge is 2.19. The summed E-state index contributed by atoms with van der Waals surface area (Å²) in [5, 5.41) is 12.1. The average molecular weight is 391 g/mol. The Labute approximate surface area is 162 Å². The highest BCUT2D eigenvalue weighted by atomic mass is 19.3. The van der Waals surface area contributed by atoms with Crippen molar-refractivity contribution in [2.45, 2.75) is 32.8 Å². The SMILES string of the molecule is Cc1cccc(CC(CNC(=O)CCc2ccc(OC(F)F)cc2)C(=O)O)c1. The Morgan fingerprint density at radius 1 is 1.11 bits per heavy atom. The Kier molecular flexibility index (Phi) is 7.92. The molecule has 2 rings (SSSR count). The molecule has 0 saturated carbocycles. The molecule has 5 nitrogen and oxygen atoms in total. The van der Waals surface area contributed by atoms with Crippen LogP contribution in [0.15, 0.2) is 48.5 Å². The maximum absolute atomic E-state index is 12.1. The number of halogens is 2. The Morgan fingerprint density at radius 2 is 1.82 bits per heavy atom. The molecule has 0 aliphatic carbocycles. The summed E-state index contributed by atoms with van der Waals surface area (Å²) in [5.41, 5.74) is 2.76. The number of aliphatic carboxylic acids is 1. The second-order valence-corrected chi connectivity index (χ2v) is 6.55. The third kappa shape index (κ3) is 7.34. The fourth-order valence-corrected chi connectivity index (χ4v) is 2.79. The molecule has 0 aliphatic rings. The Bertz CT molecular complexity index is 793. The molecule has 2 aromatic carbocycles. The minimum atomic E-state index is -2.88. The quantitative estimate of drug-likeness (QED) is 0.649. The van der Waals surface area contributed by atoms with Crippen molar-refractivity contribution >= 4 is 11.9 Å². The van der Waals surface area contributed by atoms with Crippen LogP contribution in [0.1, 0.15) is 23.1 Å². The van der Waals surface area contributed by atoms with Crippen LogP contribution in [-0.2, 0) is 22.4 Å². The molecule has 0 aliphatic heterocycles. The van der Waals surface area contributed by atoms with Gasteiger partial charge in [0.1, 0.15) is 5.75 Å². The Balaban J connectivity index is 1.80. The van der Waals surface area contributed by atoms with Crippen molar-refractivity contribution in [3.63, 3.8) is 0 Å². The lowest BCUT2D eigenvalue weighted by Gasteiger charge is -2.14. The van der Waals surface area contributed by atoms with Crippen LogP contribution in [-0.4, -0.2) is 30.1 Å². The minimum absolute atomic E-state index is 0.0449. The van der Waals surface area contributed by atoms with Crippen LogP contribution < -0.4 is 10.1 Å². The van der Waals surface area contributed by atoms with E-state index in [9.17, 15) is 23.5 Å². The van der Waals surface area contributed by atoms with Gasteiger partial charge in [-0.2, -0.15) is 8.78 Å². The molecule has 0 saturated heterocycles. The number of aryl methyl sites for hydroxylation is 2. The van der Waals surface area contributed by atoms with Crippen LogP contribution in [0, 0.1) is 12.8 Å². The summed E-state index contributed by atoms with van der Waals surface area (Å²) in [6.45, 7) is -0.894. The largest absolute Gasteiger partial charge is 0.481 e. The molecule has 0 bridgehead atoms. The first-order valence-corrected chi connectivity index (χ1v) is 8.92. The predicted octanol–water partition coefficient (Wildman–Crippen LogP) is 3.59. The molecule has 0 radical (unpaired) electrons. The third-order valence-electron chi connectivity index (χ3n) is 4.25. The fraction of sp³-hybridized carbons (Fsp3) is 0.333. The first kappa shape index (κ1) is 21.3. The molecule has 1 atom stereocenters. The molecule has 28 heavy (non-hydrogen) atoms. The van der Waals surface area contributed by atoms with Crippen LogP contribution >= 0.6 is 0 Å². The number of hydrogen-bond donors (Lipinski definition) is 2. The summed E-state index contributed by atoms with van der Waals surface area (Å²) in [5.74, 6) is -1.87. The van der Waals surface area contributed by atoms with Crippen LogP contribution in [0.25, 0.3) is 0 Å². The number of carboxylic acid groups (broad SMARTS) is 1. The number of nitrogens with one attached hydrogen (secondary N) is 1. The molecule has 0 spiro atoms. The van der Waals surface area contributed by atoms with Crippen LogP contribution in [0.5, 0.6) is 5.75 Å². The molecule has 7 heteroatoms. The number of alkyl halides is 2. The lowest BCUT2D eigenvalue weighted by atomic mass is 9.98. The molecule has 0 fully saturated rings. The fourth-order valence-electron chi connectivity index (χ4n) is 2.79. The second kappa shape index (κ2) is 10.4. The zero-order chi connectivity index (χ0) is 20.5. The first-order chi connectivity index (χ1) is 13.3. The number of benzene rings is 2. The van der Waals surface area contributed by atoms with Crippen LogP contribution in [0.2, 0.25) is 0 Å². The van der Waals surface area contributed by atoms with Crippen molar-refractivity contribution in [1.29, 1.82) is 0 Å². The summed E-state index contributed by atoms with van der Waals surface area (Å²) in [6.07, 6.45) is 0.922. The lowest BCUT2D eigenvalue weighted by Crippen LogP contribution is -2.34. The van der Waals surface area contributed by atoms with Gasteiger partial charge in [-0.15, -0.1) is 0 Å². The van der Waals surface area contributed by atoms with Gasteiger partial charge < -0.3 is 15.2 Å². The molecule has 150 valence electrons. The Morgan fingerprint density at radius 3 is 2.43 bits per heavy atom. The molecule has 0 aromatic heterocycles. The van der Waals surface area contributed by atoms with Gasteiger partial charge in [0.2, 0.25) is 5.91 Å². The summed E-state index contributed by atoms with van der Waals surface area (Å²) in [7, 11) is 0. The first-order valence-electron chi connectivity index (χ1n) is 8.92. The topological polar surface area (TPSA) is 75.6 Å². The Hall–Kier alpha value is -2.96. The molecule has 1 unspecified atom stereocenters. The number of carbonyl (C=O) groups is 2. The van der Waals surface area contributed by atoms with Gasteiger partial charge in [0.05, 0.1) is 5.92 Å². The number of carboxylic acids is 1. The van der Waals surface area contributed by atoms with Gasteiger partial charge in [-0.3, -0.25) is 9.59 Å². The van der Waals surface area contributed by atoms with E-state index >= 15 is 0 Å². The maximum Gasteiger partial charge on any atom is 0.387 e. The zero-order valence-corrected chi connectivity index (χ0v) is 15.5. The third-order valence-corrected chi connectivity index (χ3v) is 4.25. The monoisotopic (exact) mass is 391 g/mol. The second-order valence-electron chi connectivity index (χ2n) is 6.55. The predicted molar refractivity (Wildman–Crippen MR) is 100 cm³/mol. The van der Waals surface area contributed by atoms with Crippen molar-refractivity contribution in [2.24, 2.45) is 5.92 Å². The molecular weight excluding hydrogens is 368 g/mol. The van der Waals surface area contributed by atoms with Gasteiger partial charge in [0.25, 0.3) is 0 Å². The van der Waals surface area contributed by atoms with E-state index in [2.05, 4.69) is 10.1 Å². The van der Waals surface area contributed by atoms with Gasteiger partial charge in [-0.25, -0.2) is 0 Å². The molecule has 2 N–H and O–H groups in total. The van der Waals surface area contributed by atoms with Gasteiger partial charge in [0, 0.05) is 13.0 Å². The van der Waals surface area contributed by atoms with Crippen molar-refractivity contribution in [1.82, 2.24) is 5.32 Å². The van der Waals surface area contributed by atoms with Crippen LogP contribution in [0.4, 0.5) is 8.78 Å². The van der Waals surface area contributed by atoms with Crippen molar-refractivity contribution in [3.8, 4) is 5.75 Å². The van der Waals surface area contributed by atoms with E-state index in [0.29, 0.717) is 12.8 Å². The lowest BCUT2D eigenvalue weighted by molar-refractivity contribution is -0.141. The zero-order valence-electron chi connectivity index (χ0n) is 15.5. The normalized spacial score (nSPS) is 11.9. The molecule has 1 amide bonds. The molecule has 2 aromatic rings.